The van der Waals surface area contributed by atoms with Gasteiger partial charge in [-0.2, -0.15) is 0 Å². The van der Waals surface area contributed by atoms with Gasteiger partial charge in [0.1, 0.15) is 11.5 Å². The van der Waals surface area contributed by atoms with Gasteiger partial charge in [-0.25, -0.2) is 0 Å². The maximum Gasteiger partial charge on any atom is 0.126 e. The standard InChI is InChI=1S/C15H24O2/c1-8(2)11-7-12(16)14(10(5)6)15(17)13(11)9(3)4/h7-10,16-17H,1-6H3. The maximum absolute atomic E-state index is 10.4. The Balaban J connectivity index is 3.58. The number of hydrogen-bond donors (Lipinski definition) is 2. The normalized spacial score (nSPS) is 11.8. The highest BCUT2D eigenvalue weighted by Crippen LogP contribution is 2.43. The fourth-order valence-corrected chi connectivity index (χ4v) is 2.36. The third-order valence-electron chi connectivity index (χ3n) is 3.17. The first kappa shape index (κ1) is 13.9. The van der Waals surface area contributed by atoms with Crippen molar-refractivity contribution in [3.05, 3.63) is 22.8 Å². The van der Waals surface area contributed by atoms with Crippen molar-refractivity contribution in [2.24, 2.45) is 0 Å². The van der Waals surface area contributed by atoms with Gasteiger partial charge in [0.15, 0.2) is 0 Å². The highest BCUT2D eigenvalue weighted by atomic mass is 16.3. The van der Waals surface area contributed by atoms with Gasteiger partial charge in [0.25, 0.3) is 0 Å². The molecule has 0 heterocycles. The summed E-state index contributed by atoms with van der Waals surface area (Å²) < 4.78 is 0. The summed E-state index contributed by atoms with van der Waals surface area (Å²) in [5.74, 6) is 1.16. The zero-order chi connectivity index (χ0) is 13.3. The van der Waals surface area contributed by atoms with Crippen LogP contribution in [0.3, 0.4) is 0 Å². The number of phenols is 2. The van der Waals surface area contributed by atoms with Crippen molar-refractivity contribution in [1.82, 2.24) is 0 Å². The molecule has 1 aromatic carbocycles. The van der Waals surface area contributed by atoms with Gasteiger partial charge in [-0.05, 0) is 29.4 Å². The molecule has 0 saturated heterocycles. The maximum atomic E-state index is 10.4. The molecule has 0 fully saturated rings. The minimum Gasteiger partial charge on any atom is -0.508 e. The second kappa shape index (κ2) is 4.99. The lowest BCUT2D eigenvalue weighted by Crippen LogP contribution is -2.03. The number of benzene rings is 1. The fraction of sp³-hybridized carbons (Fsp3) is 0.600. The van der Waals surface area contributed by atoms with Crippen LogP contribution in [0.4, 0.5) is 0 Å². The van der Waals surface area contributed by atoms with Crippen molar-refractivity contribution in [1.29, 1.82) is 0 Å². The molecule has 0 atom stereocenters. The minimum absolute atomic E-state index is 0.119. The van der Waals surface area contributed by atoms with Crippen LogP contribution in [0.2, 0.25) is 0 Å². The van der Waals surface area contributed by atoms with Crippen LogP contribution in [0, 0.1) is 0 Å². The average molecular weight is 236 g/mol. The lowest BCUT2D eigenvalue weighted by Gasteiger charge is -2.22. The van der Waals surface area contributed by atoms with Crippen molar-refractivity contribution in [3.8, 4) is 11.5 Å². The van der Waals surface area contributed by atoms with Crippen LogP contribution in [-0.2, 0) is 0 Å². The Morgan fingerprint density at radius 2 is 1.24 bits per heavy atom. The molecule has 0 radical (unpaired) electrons. The largest absolute Gasteiger partial charge is 0.508 e. The first-order valence-corrected chi connectivity index (χ1v) is 6.35. The van der Waals surface area contributed by atoms with E-state index in [-0.39, 0.29) is 23.3 Å². The van der Waals surface area contributed by atoms with Crippen LogP contribution < -0.4 is 0 Å². The predicted octanol–water partition coefficient (Wildman–Crippen LogP) is 4.47. The molecule has 0 aliphatic rings. The van der Waals surface area contributed by atoms with E-state index in [9.17, 15) is 10.2 Å². The number of phenolic OH excluding ortho intramolecular Hbond substituents is 2. The third-order valence-corrected chi connectivity index (χ3v) is 3.17. The monoisotopic (exact) mass is 236 g/mol. The predicted molar refractivity (Wildman–Crippen MR) is 72.0 cm³/mol. The van der Waals surface area contributed by atoms with E-state index < -0.39 is 0 Å². The van der Waals surface area contributed by atoms with E-state index in [0.29, 0.717) is 11.5 Å². The van der Waals surface area contributed by atoms with Gasteiger partial charge in [-0.3, -0.25) is 0 Å². The topological polar surface area (TPSA) is 40.5 Å². The van der Waals surface area contributed by atoms with Gasteiger partial charge in [0.2, 0.25) is 0 Å². The number of aromatic hydroxyl groups is 2. The first-order chi connectivity index (χ1) is 7.77. The second-order valence-corrected chi connectivity index (χ2v) is 5.62. The van der Waals surface area contributed by atoms with Crippen LogP contribution in [0.5, 0.6) is 11.5 Å². The molecule has 2 nitrogen and oxygen atoms in total. The summed E-state index contributed by atoms with van der Waals surface area (Å²) in [5, 5.41) is 20.4. The molecule has 0 bridgehead atoms. The van der Waals surface area contributed by atoms with E-state index in [4.69, 9.17) is 0 Å². The van der Waals surface area contributed by atoms with E-state index >= 15 is 0 Å². The lowest BCUT2D eigenvalue weighted by atomic mass is 9.85. The molecule has 0 aromatic heterocycles. The highest BCUT2D eigenvalue weighted by molar-refractivity contribution is 5.56. The number of hydrogen-bond acceptors (Lipinski definition) is 2. The molecule has 0 amide bonds. The zero-order valence-corrected chi connectivity index (χ0v) is 11.7. The van der Waals surface area contributed by atoms with E-state index in [1.54, 1.807) is 0 Å². The smallest absolute Gasteiger partial charge is 0.126 e. The van der Waals surface area contributed by atoms with Crippen LogP contribution in [0.25, 0.3) is 0 Å². The second-order valence-electron chi connectivity index (χ2n) is 5.62. The van der Waals surface area contributed by atoms with E-state index in [1.165, 1.54) is 0 Å². The van der Waals surface area contributed by atoms with Crippen molar-refractivity contribution >= 4 is 0 Å². The summed E-state index contributed by atoms with van der Waals surface area (Å²) in [4.78, 5) is 0. The van der Waals surface area contributed by atoms with Crippen LogP contribution in [0.1, 0.15) is 76.0 Å². The molecule has 0 aliphatic carbocycles. The van der Waals surface area contributed by atoms with Gasteiger partial charge in [-0.1, -0.05) is 41.5 Å². The summed E-state index contributed by atoms with van der Waals surface area (Å²) in [5.41, 5.74) is 2.68. The van der Waals surface area contributed by atoms with Crippen molar-refractivity contribution in [2.75, 3.05) is 0 Å². The van der Waals surface area contributed by atoms with Gasteiger partial charge in [-0.15, -0.1) is 0 Å². The van der Waals surface area contributed by atoms with Crippen molar-refractivity contribution < 1.29 is 10.2 Å². The Kier molecular flexibility index (Phi) is 4.07. The first-order valence-electron chi connectivity index (χ1n) is 6.35. The average Bonchev–Trinajstić information content (AvgIpc) is 2.14. The van der Waals surface area contributed by atoms with Crippen LogP contribution >= 0.6 is 0 Å². The summed E-state index contributed by atoms with van der Waals surface area (Å²) in [6.07, 6.45) is 0. The third kappa shape index (κ3) is 2.56. The van der Waals surface area contributed by atoms with Crippen molar-refractivity contribution in [3.63, 3.8) is 0 Å². The molecule has 2 heteroatoms. The fourth-order valence-electron chi connectivity index (χ4n) is 2.36. The molecule has 17 heavy (non-hydrogen) atoms. The van der Waals surface area contributed by atoms with Crippen LogP contribution in [-0.4, -0.2) is 10.2 Å². The molecule has 96 valence electrons. The summed E-state index contributed by atoms with van der Waals surface area (Å²) >= 11 is 0. The molecular weight excluding hydrogens is 212 g/mol. The highest BCUT2D eigenvalue weighted by Gasteiger charge is 2.22. The Labute approximate surface area is 104 Å². The number of rotatable bonds is 3. The van der Waals surface area contributed by atoms with Gasteiger partial charge in [0.05, 0.1) is 0 Å². The van der Waals surface area contributed by atoms with Gasteiger partial charge in [0, 0.05) is 11.1 Å². The molecular formula is C15H24O2. The summed E-state index contributed by atoms with van der Waals surface area (Å²) in [6, 6.07) is 1.81. The van der Waals surface area contributed by atoms with Gasteiger partial charge < -0.3 is 10.2 Å². The Morgan fingerprint density at radius 3 is 1.59 bits per heavy atom. The Bertz CT molecular complexity index is 404. The Morgan fingerprint density at radius 1 is 0.765 bits per heavy atom. The Hall–Kier alpha value is -1.18. The molecule has 0 spiro atoms. The molecule has 0 unspecified atom stereocenters. The zero-order valence-electron chi connectivity index (χ0n) is 11.7. The minimum atomic E-state index is 0.119. The van der Waals surface area contributed by atoms with E-state index in [2.05, 4.69) is 27.7 Å². The van der Waals surface area contributed by atoms with E-state index in [0.717, 1.165) is 11.1 Å². The van der Waals surface area contributed by atoms with Gasteiger partial charge >= 0.3 is 0 Å². The summed E-state index contributed by atoms with van der Waals surface area (Å²) in [7, 11) is 0. The molecule has 0 saturated carbocycles. The van der Waals surface area contributed by atoms with Crippen LogP contribution in [0.15, 0.2) is 6.07 Å². The molecule has 0 aliphatic heterocycles. The lowest BCUT2D eigenvalue weighted by molar-refractivity contribution is 0.424. The molecule has 1 aromatic rings. The quantitative estimate of drug-likeness (QED) is 0.813. The summed E-state index contributed by atoms with van der Waals surface area (Å²) in [6.45, 7) is 12.3. The van der Waals surface area contributed by atoms with E-state index in [1.807, 2.05) is 19.9 Å². The van der Waals surface area contributed by atoms with Crippen molar-refractivity contribution in [2.45, 2.75) is 59.3 Å². The SMILES string of the molecule is CC(C)c1cc(O)c(C(C)C)c(O)c1C(C)C. The molecule has 2 N–H and O–H groups in total. The molecule has 1 rings (SSSR count).